The zero-order chi connectivity index (χ0) is 13.9. The molecular weight excluding hydrogens is 248 g/mol. The Balaban J connectivity index is 1.62. The molecule has 1 saturated carbocycles. The molecule has 2 aliphatic rings. The van der Waals surface area contributed by atoms with E-state index in [9.17, 15) is 4.79 Å². The fourth-order valence-electron chi connectivity index (χ4n) is 2.74. The second-order valence-electron chi connectivity index (χ2n) is 6.15. The summed E-state index contributed by atoms with van der Waals surface area (Å²) >= 11 is 0. The van der Waals surface area contributed by atoms with Crippen LogP contribution in [0.2, 0.25) is 0 Å². The third kappa shape index (κ3) is 3.21. The minimum Gasteiger partial charge on any atom is -0.335 e. The van der Waals surface area contributed by atoms with Gasteiger partial charge < -0.3 is 10.2 Å². The van der Waals surface area contributed by atoms with Crippen molar-refractivity contribution in [3.8, 4) is 0 Å². The topological polar surface area (TPSA) is 32.3 Å². The van der Waals surface area contributed by atoms with Gasteiger partial charge in [-0.25, -0.2) is 0 Å². The lowest BCUT2D eigenvalue weighted by Crippen LogP contribution is -2.45. The number of hydrogen-bond acceptors (Lipinski definition) is 2. The maximum Gasteiger partial charge on any atom is 0.223 e. The van der Waals surface area contributed by atoms with Crippen LogP contribution in [0.4, 0.5) is 0 Å². The molecule has 1 aromatic rings. The number of aryl methyl sites for hydroxylation is 1. The molecule has 2 fully saturated rings. The molecular formula is C17H24N2O. The summed E-state index contributed by atoms with van der Waals surface area (Å²) in [5.41, 5.74) is 2.62. The molecule has 108 valence electrons. The smallest absolute Gasteiger partial charge is 0.223 e. The highest BCUT2D eigenvalue weighted by Crippen LogP contribution is 2.30. The van der Waals surface area contributed by atoms with Crippen molar-refractivity contribution in [2.24, 2.45) is 5.92 Å². The number of nitrogens with zero attached hydrogens (tertiary/aromatic N) is 1. The Morgan fingerprint density at radius 3 is 2.35 bits per heavy atom. The number of rotatable bonds is 6. The molecule has 0 bridgehead atoms. The molecule has 0 radical (unpaired) electrons. The van der Waals surface area contributed by atoms with Gasteiger partial charge in [0.05, 0.1) is 0 Å². The van der Waals surface area contributed by atoms with Crippen molar-refractivity contribution in [3.05, 3.63) is 35.4 Å². The Kier molecular flexibility index (Phi) is 4.06. The van der Waals surface area contributed by atoms with Crippen molar-refractivity contribution >= 4 is 5.91 Å². The van der Waals surface area contributed by atoms with Gasteiger partial charge in [-0.1, -0.05) is 31.2 Å². The summed E-state index contributed by atoms with van der Waals surface area (Å²) in [5.74, 6) is 0.907. The van der Waals surface area contributed by atoms with E-state index in [1.54, 1.807) is 0 Å². The first kappa shape index (κ1) is 13.6. The summed E-state index contributed by atoms with van der Waals surface area (Å²) in [6, 6.07) is 9.21. The molecule has 3 rings (SSSR count). The standard InChI is InChI=1S/C17H24N2O/c1-2-13-3-5-14(6-4-13)12-19(16-7-8-16)17(20)9-15-10-18-11-15/h3-6,15-16,18H,2,7-12H2,1H3. The summed E-state index contributed by atoms with van der Waals surface area (Å²) in [7, 11) is 0. The normalized spacial score (nSPS) is 18.6. The molecule has 3 heteroatoms. The zero-order valence-electron chi connectivity index (χ0n) is 12.3. The average molecular weight is 272 g/mol. The van der Waals surface area contributed by atoms with Crippen molar-refractivity contribution < 1.29 is 4.79 Å². The fraction of sp³-hybridized carbons (Fsp3) is 0.588. The maximum absolute atomic E-state index is 12.5. The van der Waals surface area contributed by atoms with Gasteiger partial charge in [0.2, 0.25) is 5.91 Å². The van der Waals surface area contributed by atoms with Crippen LogP contribution in [-0.2, 0) is 17.8 Å². The van der Waals surface area contributed by atoms with Crippen molar-refractivity contribution in [1.29, 1.82) is 0 Å². The van der Waals surface area contributed by atoms with E-state index in [1.165, 1.54) is 24.0 Å². The van der Waals surface area contributed by atoms with Crippen LogP contribution in [0.5, 0.6) is 0 Å². The molecule has 1 aliphatic heterocycles. The van der Waals surface area contributed by atoms with Gasteiger partial charge in [-0.15, -0.1) is 0 Å². The van der Waals surface area contributed by atoms with Gasteiger partial charge in [-0.3, -0.25) is 4.79 Å². The van der Waals surface area contributed by atoms with Gasteiger partial charge in [0.1, 0.15) is 0 Å². The van der Waals surface area contributed by atoms with E-state index in [4.69, 9.17) is 0 Å². The van der Waals surface area contributed by atoms with Crippen LogP contribution in [-0.4, -0.2) is 29.9 Å². The molecule has 3 nitrogen and oxygen atoms in total. The van der Waals surface area contributed by atoms with Crippen molar-refractivity contribution in [2.45, 2.75) is 45.2 Å². The van der Waals surface area contributed by atoms with E-state index in [1.807, 2.05) is 0 Å². The SMILES string of the molecule is CCc1ccc(CN(C(=O)CC2CNC2)C2CC2)cc1. The van der Waals surface area contributed by atoms with E-state index in [0.29, 0.717) is 17.9 Å². The molecule has 20 heavy (non-hydrogen) atoms. The number of benzene rings is 1. The summed E-state index contributed by atoms with van der Waals surface area (Å²) < 4.78 is 0. The van der Waals surface area contributed by atoms with Crippen LogP contribution in [0.1, 0.15) is 37.3 Å². The lowest BCUT2D eigenvalue weighted by Gasteiger charge is -2.30. The van der Waals surface area contributed by atoms with E-state index in [-0.39, 0.29) is 0 Å². The van der Waals surface area contributed by atoms with Gasteiger partial charge in [-0.05, 0) is 49.4 Å². The van der Waals surface area contributed by atoms with E-state index < -0.39 is 0 Å². The summed E-state index contributed by atoms with van der Waals surface area (Å²) in [5, 5.41) is 3.24. The van der Waals surface area contributed by atoms with E-state index in [0.717, 1.165) is 32.5 Å². The van der Waals surface area contributed by atoms with Gasteiger partial charge >= 0.3 is 0 Å². The average Bonchev–Trinajstić information content (AvgIpc) is 3.25. The highest BCUT2D eigenvalue weighted by molar-refractivity contribution is 5.77. The fourth-order valence-corrected chi connectivity index (χ4v) is 2.74. The van der Waals surface area contributed by atoms with Gasteiger partial charge in [0.25, 0.3) is 0 Å². The van der Waals surface area contributed by atoms with Crippen LogP contribution in [0.25, 0.3) is 0 Å². The van der Waals surface area contributed by atoms with Gasteiger partial charge in [0, 0.05) is 19.0 Å². The van der Waals surface area contributed by atoms with E-state index in [2.05, 4.69) is 41.4 Å². The third-order valence-electron chi connectivity index (χ3n) is 4.42. The second-order valence-corrected chi connectivity index (χ2v) is 6.15. The van der Waals surface area contributed by atoms with Gasteiger partial charge in [0.15, 0.2) is 0 Å². The number of nitrogens with one attached hydrogen (secondary N) is 1. The first-order valence-electron chi connectivity index (χ1n) is 7.84. The Labute approximate surface area is 121 Å². The largest absolute Gasteiger partial charge is 0.335 e. The van der Waals surface area contributed by atoms with Crippen LogP contribution in [0, 0.1) is 5.92 Å². The summed E-state index contributed by atoms with van der Waals surface area (Å²) in [6.45, 7) is 4.97. The molecule has 1 saturated heterocycles. The molecule has 1 heterocycles. The highest BCUT2D eigenvalue weighted by atomic mass is 16.2. The lowest BCUT2D eigenvalue weighted by atomic mass is 9.98. The predicted octanol–water partition coefficient (Wildman–Crippen LogP) is 2.35. The maximum atomic E-state index is 12.5. The number of carbonyl (C=O) groups is 1. The number of hydrogen-bond donors (Lipinski definition) is 1. The van der Waals surface area contributed by atoms with Crippen LogP contribution >= 0.6 is 0 Å². The summed E-state index contributed by atoms with van der Waals surface area (Å²) in [4.78, 5) is 14.6. The Morgan fingerprint density at radius 1 is 1.20 bits per heavy atom. The zero-order valence-corrected chi connectivity index (χ0v) is 12.3. The quantitative estimate of drug-likeness (QED) is 0.862. The Hall–Kier alpha value is -1.35. The van der Waals surface area contributed by atoms with Crippen LogP contribution in [0.3, 0.4) is 0 Å². The van der Waals surface area contributed by atoms with Crippen LogP contribution < -0.4 is 5.32 Å². The Morgan fingerprint density at radius 2 is 1.85 bits per heavy atom. The minimum absolute atomic E-state index is 0.346. The Bertz CT molecular complexity index is 460. The molecule has 1 aromatic carbocycles. The van der Waals surface area contributed by atoms with Gasteiger partial charge in [-0.2, -0.15) is 0 Å². The summed E-state index contributed by atoms with van der Waals surface area (Å²) in [6.07, 6.45) is 4.15. The number of amides is 1. The molecule has 0 atom stereocenters. The van der Waals surface area contributed by atoms with Crippen molar-refractivity contribution in [1.82, 2.24) is 10.2 Å². The molecule has 1 aliphatic carbocycles. The van der Waals surface area contributed by atoms with E-state index >= 15 is 0 Å². The third-order valence-corrected chi connectivity index (χ3v) is 4.42. The molecule has 1 N–H and O–H groups in total. The highest BCUT2D eigenvalue weighted by Gasteiger charge is 2.34. The molecule has 0 spiro atoms. The van der Waals surface area contributed by atoms with Crippen molar-refractivity contribution in [2.75, 3.05) is 13.1 Å². The lowest BCUT2D eigenvalue weighted by molar-refractivity contribution is -0.133. The minimum atomic E-state index is 0.346. The molecule has 0 aromatic heterocycles. The molecule has 1 amide bonds. The predicted molar refractivity (Wildman–Crippen MR) is 80.4 cm³/mol. The first-order valence-corrected chi connectivity index (χ1v) is 7.84. The number of carbonyl (C=O) groups excluding carboxylic acids is 1. The van der Waals surface area contributed by atoms with Crippen LogP contribution in [0.15, 0.2) is 24.3 Å². The monoisotopic (exact) mass is 272 g/mol. The first-order chi connectivity index (χ1) is 9.76. The molecule has 0 unspecified atom stereocenters. The van der Waals surface area contributed by atoms with Crippen molar-refractivity contribution in [3.63, 3.8) is 0 Å². The second kappa shape index (κ2) is 5.96.